The second-order valence-corrected chi connectivity index (χ2v) is 6.33. The molecule has 1 saturated carbocycles. The zero-order chi connectivity index (χ0) is 15.6. The molecule has 1 aliphatic carbocycles. The van der Waals surface area contributed by atoms with Crippen molar-refractivity contribution in [2.75, 3.05) is 19.6 Å². The Morgan fingerprint density at radius 3 is 2.82 bits per heavy atom. The molecule has 0 aromatic carbocycles. The van der Waals surface area contributed by atoms with Crippen LogP contribution in [0, 0.1) is 5.41 Å². The minimum Gasteiger partial charge on any atom is -0.454 e. The van der Waals surface area contributed by atoms with Gasteiger partial charge >= 0.3 is 0 Å². The maximum atomic E-state index is 11.0. The van der Waals surface area contributed by atoms with Crippen LogP contribution in [-0.2, 0) is 6.54 Å². The van der Waals surface area contributed by atoms with E-state index in [0.717, 1.165) is 25.6 Å². The summed E-state index contributed by atoms with van der Waals surface area (Å²) in [5.74, 6) is 1.23. The van der Waals surface area contributed by atoms with Gasteiger partial charge in [0.05, 0.1) is 0 Å². The van der Waals surface area contributed by atoms with E-state index in [2.05, 4.69) is 22.1 Å². The smallest absolute Gasteiger partial charge is 0.284 e. The van der Waals surface area contributed by atoms with Crippen LogP contribution in [0.4, 0.5) is 0 Å². The van der Waals surface area contributed by atoms with Gasteiger partial charge < -0.3 is 20.4 Å². The summed E-state index contributed by atoms with van der Waals surface area (Å²) in [6, 6.07) is 3.35. The van der Waals surface area contributed by atoms with E-state index in [1.54, 1.807) is 12.1 Å². The minimum atomic E-state index is -0.548. The van der Waals surface area contributed by atoms with Crippen molar-refractivity contribution in [1.29, 1.82) is 0 Å². The van der Waals surface area contributed by atoms with E-state index in [9.17, 15) is 4.79 Å². The highest BCUT2D eigenvalue weighted by molar-refractivity contribution is 5.89. The molecule has 0 atom stereocenters. The molecule has 0 bridgehead atoms. The fourth-order valence-corrected chi connectivity index (χ4v) is 3.37. The van der Waals surface area contributed by atoms with Gasteiger partial charge in [0.25, 0.3) is 5.91 Å². The van der Waals surface area contributed by atoms with Gasteiger partial charge in [0.15, 0.2) is 11.7 Å². The first-order valence-corrected chi connectivity index (χ1v) is 8.04. The van der Waals surface area contributed by atoms with E-state index in [1.165, 1.54) is 25.7 Å². The summed E-state index contributed by atoms with van der Waals surface area (Å²) >= 11 is 0. The number of rotatable bonds is 4. The van der Waals surface area contributed by atoms with Crippen LogP contribution in [0.15, 0.2) is 21.5 Å². The van der Waals surface area contributed by atoms with Crippen molar-refractivity contribution >= 4 is 11.9 Å². The second kappa shape index (κ2) is 6.02. The van der Waals surface area contributed by atoms with E-state index in [1.807, 2.05) is 0 Å². The highest BCUT2D eigenvalue weighted by Gasteiger charge is 2.43. The third-order valence-electron chi connectivity index (χ3n) is 4.78. The summed E-state index contributed by atoms with van der Waals surface area (Å²) in [6.07, 6.45) is 5.33. The molecule has 6 heteroatoms. The molecule has 2 heterocycles. The SMILES string of the molecule is CCNC(=NCc1ccc(C(N)=O)o1)N1CCC2(CCC2)C1. The number of hydrogen-bond acceptors (Lipinski definition) is 3. The monoisotopic (exact) mass is 304 g/mol. The van der Waals surface area contributed by atoms with Crippen LogP contribution in [0.3, 0.4) is 0 Å². The third kappa shape index (κ3) is 2.96. The molecule has 1 aromatic rings. The van der Waals surface area contributed by atoms with Crippen molar-refractivity contribution in [3.05, 3.63) is 23.7 Å². The van der Waals surface area contributed by atoms with Crippen LogP contribution >= 0.6 is 0 Å². The Hall–Kier alpha value is -1.98. The number of nitrogens with one attached hydrogen (secondary N) is 1. The number of nitrogens with zero attached hydrogens (tertiary/aromatic N) is 2. The Kier molecular flexibility index (Phi) is 4.09. The van der Waals surface area contributed by atoms with Crippen molar-refractivity contribution in [1.82, 2.24) is 10.2 Å². The molecule has 0 radical (unpaired) electrons. The molecule has 2 aliphatic rings. The number of nitrogens with two attached hydrogens (primary N) is 1. The first-order chi connectivity index (χ1) is 10.6. The number of guanidine groups is 1. The molecule has 1 aromatic heterocycles. The molecular weight excluding hydrogens is 280 g/mol. The number of carbonyl (C=O) groups excluding carboxylic acids is 1. The van der Waals surface area contributed by atoms with Crippen LogP contribution in [0.1, 0.15) is 48.9 Å². The summed E-state index contributed by atoms with van der Waals surface area (Å²) in [4.78, 5) is 18.0. The average Bonchev–Trinajstić information content (AvgIpc) is 3.09. The molecule has 2 fully saturated rings. The van der Waals surface area contributed by atoms with Crippen molar-refractivity contribution in [2.45, 2.75) is 39.2 Å². The third-order valence-corrected chi connectivity index (χ3v) is 4.78. The van der Waals surface area contributed by atoms with Crippen molar-refractivity contribution in [3.8, 4) is 0 Å². The average molecular weight is 304 g/mol. The molecule has 1 spiro atoms. The lowest BCUT2D eigenvalue weighted by Crippen LogP contribution is -2.42. The summed E-state index contributed by atoms with van der Waals surface area (Å²) in [7, 11) is 0. The zero-order valence-corrected chi connectivity index (χ0v) is 13.1. The fraction of sp³-hybridized carbons (Fsp3) is 0.625. The molecule has 3 rings (SSSR count). The topological polar surface area (TPSA) is 83.9 Å². The van der Waals surface area contributed by atoms with Gasteiger partial charge in [0, 0.05) is 19.6 Å². The maximum absolute atomic E-state index is 11.0. The Bertz CT molecular complexity index is 574. The first kappa shape index (κ1) is 14.9. The van der Waals surface area contributed by atoms with E-state index in [4.69, 9.17) is 10.2 Å². The molecule has 3 N–H and O–H groups in total. The first-order valence-electron chi connectivity index (χ1n) is 8.04. The van der Waals surface area contributed by atoms with Gasteiger partial charge in [-0.2, -0.15) is 0 Å². The van der Waals surface area contributed by atoms with Gasteiger partial charge in [-0.15, -0.1) is 0 Å². The number of primary amides is 1. The highest BCUT2D eigenvalue weighted by atomic mass is 16.3. The second-order valence-electron chi connectivity index (χ2n) is 6.33. The number of likely N-dealkylation sites (tertiary alicyclic amines) is 1. The van der Waals surface area contributed by atoms with E-state index in [0.29, 0.717) is 17.7 Å². The Labute approximate surface area is 130 Å². The van der Waals surface area contributed by atoms with Crippen molar-refractivity contribution < 1.29 is 9.21 Å². The van der Waals surface area contributed by atoms with Crippen LogP contribution in [0.5, 0.6) is 0 Å². The normalized spacial score (nSPS) is 20.2. The number of hydrogen-bond donors (Lipinski definition) is 2. The lowest BCUT2D eigenvalue weighted by Gasteiger charge is -2.38. The van der Waals surface area contributed by atoms with Gasteiger partial charge in [-0.1, -0.05) is 6.42 Å². The number of aliphatic imine (C=N–C) groups is 1. The lowest BCUT2D eigenvalue weighted by molar-refractivity contribution is 0.0972. The van der Waals surface area contributed by atoms with Crippen LogP contribution in [0.2, 0.25) is 0 Å². The molecule has 6 nitrogen and oxygen atoms in total. The number of amides is 1. The number of carbonyl (C=O) groups is 1. The van der Waals surface area contributed by atoms with Gasteiger partial charge in [0.1, 0.15) is 12.3 Å². The summed E-state index contributed by atoms with van der Waals surface area (Å²) in [5, 5.41) is 3.35. The summed E-state index contributed by atoms with van der Waals surface area (Å²) in [6.45, 7) is 5.50. The molecule has 1 aliphatic heterocycles. The van der Waals surface area contributed by atoms with E-state index < -0.39 is 5.91 Å². The molecule has 0 unspecified atom stereocenters. The Morgan fingerprint density at radius 2 is 2.27 bits per heavy atom. The number of furan rings is 1. The summed E-state index contributed by atoms with van der Waals surface area (Å²) in [5.41, 5.74) is 5.73. The summed E-state index contributed by atoms with van der Waals surface area (Å²) < 4.78 is 5.38. The molecule has 1 amide bonds. The highest BCUT2D eigenvalue weighted by Crippen LogP contribution is 2.47. The van der Waals surface area contributed by atoms with Gasteiger partial charge in [-0.05, 0) is 43.7 Å². The molecule has 1 saturated heterocycles. The zero-order valence-electron chi connectivity index (χ0n) is 13.1. The van der Waals surface area contributed by atoms with Gasteiger partial charge in [-0.3, -0.25) is 4.79 Å². The Morgan fingerprint density at radius 1 is 1.45 bits per heavy atom. The minimum absolute atomic E-state index is 0.185. The van der Waals surface area contributed by atoms with Crippen LogP contribution in [0.25, 0.3) is 0 Å². The van der Waals surface area contributed by atoms with Crippen LogP contribution < -0.4 is 11.1 Å². The lowest BCUT2D eigenvalue weighted by atomic mass is 9.68. The Balaban J connectivity index is 1.66. The van der Waals surface area contributed by atoms with Crippen molar-refractivity contribution in [2.24, 2.45) is 16.1 Å². The van der Waals surface area contributed by atoms with Gasteiger partial charge in [0.2, 0.25) is 0 Å². The molecule has 22 heavy (non-hydrogen) atoms. The van der Waals surface area contributed by atoms with Crippen molar-refractivity contribution in [3.63, 3.8) is 0 Å². The predicted molar refractivity (Wildman–Crippen MR) is 84.5 cm³/mol. The fourth-order valence-electron chi connectivity index (χ4n) is 3.37. The van der Waals surface area contributed by atoms with E-state index >= 15 is 0 Å². The van der Waals surface area contributed by atoms with E-state index in [-0.39, 0.29) is 5.76 Å². The largest absolute Gasteiger partial charge is 0.454 e. The molecular formula is C16H24N4O2. The quantitative estimate of drug-likeness (QED) is 0.655. The van der Waals surface area contributed by atoms with Gasteiger partial charge in [-0.25, -0.2) is 4.99 Å². The predicted octanol–water partition coefficient (Wildman–Crippen LogP) is 1.72. The maximum Gasteiger partial charge on any atom is 0.284 e. The van der Waals surface area contributed by atoms with Crippen LogP contribution in [-0.4, -0.2) is 36.4 Å². The standard InChI is InChI=1S/C16H24N4O2/c1-2-18-15(20-9-8-16(11-20)6-3-7-16)19-10-12-4-5-13(22-12)14(17)21/h4-5H,2-3,6-11H2,1H3,(H2,17,21)(H,18,19). The molecule has 120 valence electrons.